The molecule has 1 rings (SSSR count). The third kappa shape index (κ3) is 2.46. The molecule has 0 aliphatic heterocycles. The molecule has 5 nitrogen and oxygen atoms in total. The van der Waals surface area contributed by atoms with Crippen molar-refractivity contribution in [3.8, 4) is 0 Å². The van der Waals surface area contributed by atoms with Gasteiger partial charge < -0.3 is 15.6 Å². The van der Waals surface area contributed by atoms with Crippen molar-refractivity contribution in [2.24, 2.45) is 0 Å². The van der Waals surface area contributed by atoms with E-state index in [1.54, 1.807) is 0 Å². The molecular weight excluding hydrogens is 204 g/mol. The number of anilines is 2. The van der Waals surface area contributed by atoms with E-state index < -0.39 is 17.0 Å². The molecule has 4 N–H and O–H groups in total. The van der Waals surface area contributed by atoms with Gasteiger partial charge in [-0.05, 0) is 18.2 Å². The number of carbonyl (C=O) groups is 1. The van der Waals surface area contributed by atoms with Crippen LogP contribution in [0, 0.1) is 0 Å². The van der Waals surface area contributed by atoms with Crippen molar-refractivity contribution >= 4 is 28.3 Å². The molecule has 0 radical (unpaired) electrons. The molecule has 14 heavy (non-hydrogen) atoms. The van der Waals surface area contributed by atoms with Gasteiger partial charge in [0.1, 0.15) is 11.0 Å². The van der Waals surface area contributed by atoms with Crippen LogP contribution in [0.4, 0.5) is 11.4 Å². The lowest BCUT2D eigenvalue weighted by Crippen LogP contribution is -2.05. The second-order valence-corrected chi connectivity index (χ2v) is 3.78. The topological polar surface area (TPSA) is 92.4 Å². The summed E-state index contributed by atoms with van der Waals surface area (Å²) < 4.78 is 13.4. The minimum Gasteiger partial charge on any atom is -0.478 e. The summed E-state index contributed by atoms with van der Waals surface area (Å²) >= 11 is 0. The van der Waals surface area contributed by atoms with Crippen LogP contribution in [0.15, 0.2) is 18.2 Å². The van der Waals surface area contributed by atoms with E-state index in [9.17, 15) is 9.00 Å². The fraction of sp³-hybridized carbons (Fsp3) is 0.125. The minimum absolute atomic E-state index is 0.106. The molecule has 0 fully saturated rings. The minimum atomic E-state index is -1.22. The molecule has 0 aliphatic rings. The molecule has 1 aromatic rings. The average molecular weight is 214 g/mol. The van der Waals surface area contributed by atoms with Gasteiger partial charge in [0, 0.05) is 6.26 Å². The average Bonchev–Trinajstić information content (AvgIpc) is 2.07. The molecule has 1 unspecified atom stereocenters. The van der Waals surface area contributed by atoms with Crippen LogP contribution in [-0.4, -0.2) is 21.5 Å². The van der Waals surface area contributed by atoms with Crippen LogP contribution in [-0.2, 0) is 11.0 Å². The van der Waals surface area contributed by atoms with E-state index in [0.717, 1.165) is 0 Å². The number of hydrogen-bond acceptors (Lipinski definition) is 3. The number of hydrogen-bond donors (Lipinski definition) is 3. The molecule has 6 heteroatoms. The summed E-state index contributed by atoms with van der Waals surface area (Å²) in [6.45, 7) is 0. The van der Waals surface area contributed by atoms with Crippen molar-refractivity contribution in [3.05, 3.63) is 23.8 Å². The largest absolute Gasteiger partial charge is 0.478 e. The third-order valence-electron chi connectivity index (χ3n) is 1.55. The van der Waals surface area contributed by atoms with Crippen molar-refractivity contribution < 1.29 is 14.1 Å². The molecule has 0 aromatic heterocycles. The summed E-state index contributed by atoms with van der Waals surface area (Å²) in [7, 11) is -1.22. The van der Waals surface area contributed by atoms with Crippen LogP contribution in [0.3, 0.4) is 0 Å². The van der Waals surface area contributed by atoms with Gasteiger partial charge in [-0.15, -0.1) is 0 Å². The normalized spacial score (nSPS) is 12.1. The SMILES string of the molecule is CS(=O)Nc1ccc(C(=O)O)cc1N. The number of nitrogens with two attached hydrogens (primary N) is 1. The standard InChI is InChI=1S/C8H10N2O3S/c1-14(13)10-7-3-2-5(8(11)12)4-6(7)9/h2-4,10H,9H2,1H3,(H,11,12). The Hall–Kier alpha value is -1.56. The Morgan fingerprint density at radius 2 is 2.21 bits per heavy atom. The van der Waals surface area contributed by atoms with E-state index in [4.69, 9.17) is 10.8 Å². The first kappa shape index (κ1) is 10.5. The Kier molecular flexibility index (Phi) is 3.08. The van der Waals surface area contributed by atoms with Crippen LogP contribution in [0.1, 0.15) is 10.4 Å². The number of benzene rings is 1. The van der Waals surface area contributed by atoms with Crippen LogP contribution in [0.2, 0.25) is 0 Å². The molecule has 1 aromatic carbocycles. The monoisotopic (exact) mass is 214 g/mol. The number of carboxylic acid groups (broad SMARTS) is 1. The molecule has 0 bridgehead atoms. The summed E-state index contributed by atoms with van der Waals surface area (Å²) in [6.07, 6.45) is 1.46. The summed E-state index contributed by atoms with van der Waals surface area (Å²) in [4.78, 5) is 10.6. The van der Waals surface area contributed by atoms with Crippen molar-refractivity contribution in [2.45, 2.75) is 0 Å². The second kappa shape index (κ2) is 4.10. The van der Waals surface area contributed by atoms with Crippen molar-refractivity contribution in [1.82, 2.24) is 0 Å². The lowest BCUT2D eigenvalue weighted by molar-refractivity contribution is 0.0697. The maximum Gasteiger partial charge on any atom is 0.335 e. The van der Waals surface area contributed by atoms with Gasteiger partial charge in [-0.3, -0.25) is 0 Å². The highest BCUT2D eigenvalue weighted by molar-refractivity contribution is 7.85. The predicted molar refractivity (Wildman–Crippen MR) is 55.5 cm³/mol. The fourth-order valence-electron chi connectivity index (χ4n) is 0.944. The summed E-state index contributed by atoms with van der Waals surface area (Å²) in [6, 6.07) is 4.20. The maximum absolute atomic E-state index is 10.8. The second-order valence-electron chi connectivity index (χ2n) is 2.66. The van der Waals surface area contributed by atoms with Gasteiger partial charge in [0.15, 0.2) is 0 Å². The molecule has 0 saturated carbocycles. The lowest BCUT2D eigenvalue weighted by atomic mass is 10.2. The third-order valence-corrected chi connectivity index (χ3v) is 2.06. The van der Waals surface area contributed by atoms with Gasteiger partial charge in [-0.2, -0.15) is 0 Å². The predicted octanol–water partition coefficient (Wildman–Crippen LogP) is 0.672. The zero-order valence-electron chi connectivity index (χ0n) is 7.48. The van der Waals surface area contributed by atoms with E-state index >= 15 is 0 Å². The van der Waals surface area contributed by atoms with Crippen LogP contribution < -0.4 is 10.5 Å². The highest BCUT2D eigenvalue weighted by Gasteiger charge is 2.06. The maximum atomic E-state index is 10.8. The van der Waals surface area contributed by atoms with Crippen molar-refractivity contribution in [1.29, 1.82) is 0 Å². The summed E-state index contributed by atoms with van der Waals surface area (Å²) in [5.74, 6) is -1.04. The zero-order chi connectivity index (χ0) is 10.7. The number of nitrogens with one attached hydrogen (secondary N) is 1. The highest BCUT2D eigenvalue weighted by Crippen LogP contribution is 2.19. The number of carboxylic acids is 1. The number of nitrogen functional groups attached to an aromatic ring is 1. The van der Waals surface area contributed by atoms with E-state index in [2.05, 4.69) is 4.72 Å². The zero-order valence-corrected chi connectivity index (χ0v) is 8.30. The van der Waals surface area contributed by atoms with Gasteiger partial charge in [-0.1, -0.05) is 0 Å². The Morgan fingerprint density at radius 3 is 2.64 bits per heavy atom. The van der Waals surface area contributed by atoms with Crippen molar-refractivity contribution in [3.63, 3.8) is 0 Å². The molecule has 76 valence electrons. The first-order chi connectivity index (χ1) is 6.50. The first-order valence-electron chi connectivity index (χ1n) is 3.73. The fourth-order valence-corrected chi connectivity index (χ4v) is 1.44. The van der Waals surface area contributed by atoms with Crippen LogP contribution >= 0.6 is 0 Å². The molecule has 0 aliphatic carbocycles. The van der Waals surface area contributed by atoms with Gasteiger partial charge in [0.05, 0.1) is 16.9 Å². The van der Waals surface area contributed by atoms with Gasteiger partial charge in [0.25, 0.3) is 0 Å². The summed E-state index contributed by atoms with van der Waals surface area (Å²) in [5, 5.41) is 8.65. The Labute approximate surface area is 83.5 Å². The first-order valence-corrected chi connectivity index (χ1v) is 5.29. The summed E-state index contributed by atoms with van der Waals surface area (Å²) in [5.41, 5.74) is 6.39. The molecule has 0 amide bonds. The van der Waals surface area contributed by atoms with E-state index in [1.165, 1.54) is 24.5 Å². The highest BCUT2D eigenvalue weighted by atomic mass is 32.2. The van der Waals surface area contributed by atoms with Crippen molar-refractivity contribution in [2.75, 3.05) is 16.7 Å². The smallest absolute Gasteiger partial charge is 0.335 e. The Balaban J connectivity index is 3.01. The van der Waals surface area contributed by atoms with E-state index in [-0.39, 0.29) is 11.3 Å². The van der Waals surface area contributed by atoms with Gasteiger partial charge in [0.2, 0.25) is 0 Å². The number of rotatable bonds is 3. The van der Waals surface area contributed by atoms with Crippen LogP contribution in [0.5, 0.6) is 0 Å². The van der Waals surface area contributed by atoms with Gasteiger partial charge >= 0.3 is 5.97 Å². The Bertz CT molecular complexity index is 392. The molecule has 0 saturated heterocycles. The molecule has 0 spiro atoms. The van der Waals surface area contributed by atoms with E-state index in [1.807, 2.05) is 0 Å². The van der Waals surface area contributed by atoms with Gasteiger partial charge in [-0.25, -0.2) is 9.00 Å². The quantitative estimate of drug-likeness (QED) is 0.645. The number of aromatic carboxylic acids is 1. The molecular formula is C8H10N2O3S. The Morgan fingerprint density at radius 1 is 1.57 bits per heavy atom. The molecule has 1 atom stereocenters. The van der Waals surface area contributed by atoms with Crippen LogP contribution in [0.25, 0.3) is 0 Å². The van der Waals surface area contributed by atoms with E-state index in [0.29, 0.717) is 5.69 Å². The lowest BCUT2D eigenvalue weighted by Gasteiger charge is -2.06. The molecule has 0 heterocycles.